The Morgan fingerprint density at radius 3 is 1.53 bits per heavy atom. The minimum atomic E-state index is -0.385. The number of aryl methyl sites for hydroxylation is 2. The molecule has 0 bridgehead atoms. The molecule has 0 spiro atoms. The van der Waals surface area contributed by atoms with Crippen molar-refractivity contribution in [3.8, 4) is 0 Å². The Hall–Kier alpha value is -6.46. The Labute approximate surface area is 309 Å². The molecule has 0 radical (unpaired) electrons. The van der Waals surface area contributed by atoms with E-state index in [-0.39, 0.29) is 38.9 Å². The van der Waals surface area contributed by atoms with Crippen LogP contribution in [0.3, 0.4) is 0 Å². The summed E-state index contributed by atoms with van der Waals surface area (Å²) in [6.45, 7) is 10.4. The second-order valence-corrected chi connectivity index (χ2v) is 11.6. The number of hydrogen-bond donors (Lipinski definition) is 2. The third-order valence-electron chi connectivity index (χ3n) is 7.83. The van der Waals surface area contributed by atoms with Gasteiger partial charge in [0.25, 0.3) is 11.1 Å². The van der Waals surface area contributed by atoms with Crippen molar-refractivity contribution in [3.05, 3.63) is 93.5 Å². The molecule has 0 aromatic carbocycles. The van der Waals surface area contributed by atoms with Gasteiger partial charge < -0.3 is 20.4 Å². The van der Waals surface area contributed by atoms with Gasteiger partial charge in [-0.25, -0.2) is 29.3 Å². The molecule has 18 nitrogen and oxygen atoms in total. The number of hydrogen-bond acceptors (Lipinski definition) is 12. The minimum Gasteiger partial charge on any atom is -0.347 e. The van der Waals surface area contributed by atoms with Gasteiger partial charge in [0.1, 0.15) is 48.4 Å². The highest BCUT2D eigenvalue weighted by Gasteiger charge is 2.18. The summed E-state index contributed by atoms with van der Waals surface area (Å²) in [5, 5.41) is 14.0. The summed E-state index contributed by atoms with van der Waals surface area (Å²) >= 11 is 0. The first kappa shape index (κ1) is 39.3. The molecule has 0 saturated carbocycles. The number of anilines is 4. The summed E-state index contributed by atoms with van der Waals surface area (Å²) in [6, 6.07) is 6.82. The molecule has 18 heteroatoms. The largest absolute Gasteiger partial charge is 0.347 e. The number of carbonyl (C=O) groups is 2. The van der Waals surface area contributed by atoms with Crippen LogP contribution < -0.4 is 31.6 Å². The van der Waals surface area contributed by atoms with Gasteiger partial charge in [0, 0.05) is 55.3 Å². The topological polar surface area (TPSA) is 195 Å². The summed E-state index contributed by atoms with van der Waals surface area (Å²) in [5.41, 5.74) is 2.44. The van der Waals surface area contributed by atoms with E-state index in [0.717, 1.165) is 24.0 Å². The molecule has 284 valence electrons. The van der Waals surface area contributed by atoms with Crippen molar-refractivity contribution in [2.24, 2.45) is 0 Å². The van der Waals surface area contributed by atoms with Crippen LogP contribution in [0.15, 0.2) is 71.3 Å². The van der Waals surface area contributed by atoms with Crippen LogP contribution in [0.25, 0.3) is 11.0 Å². The summed E-state index contributed by atoms with van der Waals surface area (Å²) in [7, 11) is 5.56. The highest BCUT2D eigenvalue weighted by molar-refractivity contribution is 5.90. The third-order valence-corrected chi connectivity index (χ3v) is 7.83. The fourth-order valence-electron chi connectivity index (χ4n) is 5.04. The molecular weight excluding hydrogens is 680 g/mol. The summed E-state index contributed by atoms with van der Waals surface area (Å²) in [4.78, 5) is 69.1. The van der Waals surface area contributed by atoms with Crippen LogP contribution in [0, 0.1) is 0 Å². The standard InChI is InChI=1S/C17H21N7O2.C16H19N7O2.C2H6.2H2/c1-4-12-8-13-16(26)24(21-17(22(3)5-2)23(13)9-12)10-15(25)20-14-6-7-18-11-19-14;1-4-11-7-12-15(25)23(20-16(21(2)3)22(12)8-11)9-14(24)19-13-5-6-17-10-18-13;1-2;;/h6-9,11H,4-5,10H2,1-3H3,(H,18,19,20,25);5-8,10H,4,9H2,1-3H3,(H,17,18,19,24);1-2H3;2*1H. The maximum absolute atomic E-state index is 12.8. The molecule has 0 fully saturated rings. The van der Waals surface area contributed by atoms with Gasteiger partial charge >= 0.3 is 0 Å². The van der Waals surface area contributed by atoms with Crippen molar-refractivity contribution in [2.45, 2.75) is 60.5 Å². The summed E-state index contributed by atoms with van der Waals surface area (Å²) in [5.74, 6) is 1.17. The van der Waals surface area contributed by atoms with E-state index in [1.165, 1.54) is 34.4 Å². The van der Waals surface area contributed by atoms with Gasteiger partial charge in [-0.05, 0) is 55.2 Å². The quantitative estimate of drug-likeness (QED) is 0.198. The molecule has 6 heterocycles. The predicted molar refractivity (Wildman–Crippen MR) is 208 cm³/mol. The van der Waals surface area contributed by atoms with Gasteiger partial charge in [0.05, 0.1) is 0 Å². The SMILES string of the molecule is CC.CCc1cc2c(=O)n(CC(=O)Nc3ccncn3)nc(N(C)C)n2c1.CCc1cc2c(=O)n(CC(=O)Nc3ccncn3)nc(N(C)CC)n2c1.[HH].[HH]. The summed E-state index contributed by atoms with van der Waals surface area (Å²) in [6.07, 6.45) is 11.2. The van der Waals surface area contributed by atoms with Crippen LogP contribution in [-0.2, 0) is 35.5 Å². The first-order valence-corrected chi connectivity index (χ1v) is 17.3. The van der Waals surface area contributed by atoms with E-state index in [0.29, 0.717) is 41.1 Å². The summed E-state index contributed by atoms with van der Waals surface area (Å²) < 4.78 is 5.89. The smallest absolute Gasteiger partial charge is 0.291 e. The van der Waals surface area contributed by atoms with Gasteiger partial charge in [0.2, 0.25) is 23.7 Å². The molecule has 53 heavy (non-hydrogen) atoms. The molecule has 0 aliphatic heterocycles. The van der Waals surface area contributed by atoms with Crippen LogP contribution in [0.2, 0.25) is 0 Å². The molecule has 6 rings (SSSR count). The Morgan fingerprint density at radius 2 is 1.15 bits per heavy atom. The van der Waals surface area contributed by atoms with Crippen molar-refractivity contribution in [3.63, 3.8) is 0 Å². The molecular formula is C35H50N14O4. The number of fused-ring (bicyclic) bond motifs is 2. The van der Waals surface area contributed by atoms with Crippen LogP contribution >= 0.6 is 0 Å². The highest BCUT2D eigenvalue weighted by atomic mass is 16.2. The molecule has 0 saturated heterocycles. The molecule has 6 aromatic rings. The zero-order valence-electron chi connectivity index (χ0n) is 31.3. The second-order valence-electron chi connectivity index (χ2n) is 11.6. The van der Waals surface area contributed by atoms with Crippen molar-refractivity contribution in [1.29, 1.82) is 0 Å². The van der Waals surface area contributed by atoms with Crippen molar-refractivity contribution in [1.82, 2.24) is 48.3 Å². The lowest BCUT2D eigenvalue weighted by Crippen LogP contribution is -2.33. The molecule has 0 unspecified atom stereocenters. The van der Waals surface area contributed by atoms with Crippen molar-refractivity contribution in [2.75, 3.05) is 48.1 Å². The maximum Gasteiger partial charge on any atom is 0.291 e. The number of carbonyl (C=O) groups excluding carboxylic acids is 2. The van der Waals surface area contributed by atoms with Crippen LogP contribution in [0.4, 0.5) is 23.5 Å². The lowest BCUT2D eigenvalue weighted by molar-refractivity contribution is -0.117. The van der Waals surface area contributed by atoms with Crippen LogP contribution in [0.5, 0.6) is 0 Å². The lowest BCUT2D eigenvalue weighted by Gasteiger charge is -2.18. The van der Waals surface area contributed by atoms with Crippen molar-refractivity contribution < 1.29 is 12.4 Å². The lowest BCUT2D eigenvalue weighted by atomic mass is 10.3. The van der Waals surface area contributed by atoms with E-state index in [1.807, 2.05) is 85.2 Å². The first-order chi connectivity index (χ1) is 25.5. The van der Waals surface area contributed by atoms with E-state index >= 15 is 0 Å². The van der Waals surface area contributed by atoms with Gasteiger partial charge in [-0.15, -0.1) is 10.2 Å². The minimum absolute atomic E-state index is 0. The Bertz CT molecular complexity index is 2270. The van der Waals surface area contributed by atoms with E-state index < -0.39 is 0 Å². The van der Waals surface area contributed by atoms with E-state index in [1.54, 1.807) is 25.8 Å². The predicted octanol–water partition coefficient (Wildman–Crippen LogP) is 3.01. The van der Waals surface area contributed by atoms with Gasteiger partial charge in [0.15, 0.2) is 0 Å². The van der Waals surface area contributed by atoms with Crippen molar-refractivity contribution >= 4 is 46.4 Å². The number of nitrogens with zero attached hydrogens (tertiary/aromatic N) is 12. The molecule has 6 aromatic heterocycles. The average Bonchev–Trinajstić information content (AvgIpc) is 3.81. The normalized spacial score (nSPS) is 10.6. The fourth-order valence-corrected chi connectivity index (χ4v) is 5.04. The number of nitrogens with one attached hydrogen (secondary N) is 2. The molecule has 0 atom stereocenters. The molecule has 0 aliphatic carbocycles. The van der Waals surface area contributed by atoms with Gasteiger partial charge in [-0.3, -0.25) is 28.0 Å². The second kappa shape index (κ2) is 18.2. The Morgan fingerprint density at radius 1 is 0.717 bits per heavy atom. The van der Waals surface area contributed by atoms with Gasteiger partial charge in [-0.1, -0.05) is 27.7 Å². The molecule has 2 N–H and O–H groups in total. The Balaban J connectivity index is 0.000000352. The maximum atomic E-state index is 12.8. The van der Waals surface area contributed by atoms with E-state index in [9.17, 15) is 19.2 Å². The zero-order valence-corrected chi connectivity index (χ0v) is 31.3. The van der Waals surface area contributed by atoms with Crippen LogP contribution in [0.1, 0.15) is 48.6 Å². The van der Waals surface area contributed by atoms with E-state index in [2.05, 4.69) is 40.8 Å². The third kappa shape index (κ3) is 9.46. The first-order valence-electron chi connectivity index (χ1n) is 17.3. The number of aromatic nitrogens is 10. The average molecular weight is 731 g/mol. The van der Waals surface area contributed by atoms with E-state index in [4.69, 9.17) is 0 Å². The fraction of sp³-hybridized carbons (Fsp3) is 0.371. The van der Waals surface area contributed by atoms with Crippen LogP contribution in [-0.4, -0.2) is 87.8 Å². The number of amides is 2. The van der Waals surface area contributed by atoms with Gasteiger partial charge in [-0.2, -0.15) is 0 Å². The zero-order chi connectivity index (χ0) is 38.7. The molecule has 2 amide bonds. The number of rotatable bonds is 11. The molecule has 0 aliphatic rings. The monoisotopic (exact) mass is 730 g/mol. The Kier molecular flexibility index (Phi) is 13.5. The highest BCUT2D eigenvalue weighted by Crippen LogP contribution is 2.16.